The van der Waals surface area contributed by atoms with E-state index in [2.05, 4.69) is 0 Å². The van der Waals surface area contributed by atoms with Crippen LogP contribution in [0.15, 0.2) is 24.3 Å². The number of nitrogens with two attached hydrogens (primary N) is 1. The Kier molecular flexibility index (Phi) is 4.12. The Bertz CT molecular complexity index is 527. The summed E-state index contributed by atoms with van der Waals surface area (Å²) in [5.74, 6) is 0. The Morgan fingerprint density at radius 1 is 1.43 bits per heavy atom. The van der Waals surface area contributed by atoms with E-state index in [-0.39, 0.29) is 13.0 Å². The molecule has 1 atom stereocenters. The normalized spacial score (nSPS) is 22.4. The van der Waals surface area contributed by atoms with Crippen LogP contribution in [0.25, 0.3) is 0 Å². The summed E-state index contributed by atoms with van der Waals surface area (Å²) < 4.78 is 20.2. The maximum Gasteiger partial charge on any atom is 0.410 e. The second kappa shape index (κ2) is 5.54. The number of alkyl halides is 1. The smallest absolute Gasteiger partial charge is 0.410 e. The van der Waals surface area contributed by atoms with E-state index < -0.39 is 17.4 Å². The first-order valence-electron chi connectivity index (χ1n) is 7.19. The second-order valence-electron chi connectivity index (χ2n) is 6.68. The van der Waals surface area contributed by atoms with Crippen molar-refractivity contribution in [2.24, 2.45) is 0 Å². The van der Waals surface area contributed by atoms with E-state index in [1.807, 2.05) is 18.2 Å². The highest BCUT2D eigenvalue weighted by molar-refractivity contribution is 5.68. The molecule has 4 nitrogen and oxygen atoms in total. The first-order valence-corrected chi connectivity index (χ1v) is 7.19. The quantitative estimate of drug-likeness (QED) is 0.852. The van der Waals surface area contributed by atoms with Crippen molar-refractivity contribution in [1.82, 2.24) is 4.90 Å². The molecule has 2 rings (SSSR count). The van der Waals surface area contributed by atoms with E-state index in [0.717, 1.165) is 5.56 Å². The number of carbonyl (C=O) groups is 1. The van der Waals surface area contributed by atoms with Gasteiger partial charge in [-0.15, -0.1) is 0 Å². The number of rotatable bonds is 2. The number of halogens is 1. The lowest BCUT2D eigenvalue weighted by atomic mass is 9.94. The van der Waals surface area contributed by atoms with E-state index in [1.54, 1.807) is 26.8 Å². The molecule has 1 amide bonds. The minimum atomic E-state index is -1.44. The Labute approximate surface area is 125 Å². The first kappa shape index (κ1) is 15.6. The van der Waals surface area contributed by atoms with Gasteiger partial charge in [-0.1, -0.05) is 18.2 Å². The minimum absolute atomic E-state index is 0.0518. The maximum atomic E-state index is 14.9. The summed E-state index contributed by atoms with van der Waals surface area (Å²) in [6.07, 6.45) is 0.0718. The van der Waals surface area contributed by atoms with Crippen molar-refractivity contribution in [3.8, 4) is 0 Å². The average Bonchev–Trinajstić information content (AvgIpc) is 2.73. The van der Waals surface area contributed by atoms with Crippen LogP contribution in [0.3, 0.4) is 0 Å². The molecular weight excluding hydrogens is 271 g/mol. The lowest BCUT2D eigenvalue weighted by molar-refractivity contribution is 0.0258. The number of anilines is 1. The van der Waals surface area contributed by atoms with Crippen LogP contribution in [0, 0.1) is 0 Å². The van der Waals surface area contributed by atoms with Crippen molar-refractivity contribution >= 4 is 11.8 Å². The number of nitrogen functional groups attached to an aromatic ring is 1. The highest BCUT2D eigenvalue weighted by Crippen LogP contribution is 2.32. The van der Waals surface area contributed by atoms with Crippen LogP contribution < -0.4 is 5.73 Å². The Hall–Kier alpha value is -1.78. The highest BCUT2D eigenvalue weighted by Gasteiger charge is 2.41. The van der Waals surface area contributed by atoms with Gasteiger partial charge in [-0.2, -0.15) is 0 Å². The molecule has 1 aliphatic heterocycles. The average molecular weight is 294 g/mol. The number of hydrogen-bond acceptors (Lipinski definition) is 3. The summed E-state index contributed by atoms with van der Waals surface area (Å²) >= 11 is 0. The molecule has 0 bridgehead atoms. The number of likely N-dealkylation sites (tertiary alicyclic amines) is 1. The van der Waals surface area contributed by atoms with Crippen LogP contribution in [0.5, 0.6) is 0 Å². The van der Waals surface area contributed by atoms with Gasteiger partial charge in [-0.3, -0.25) is 0 Å². The molecule has 1 aromatic carbocycles. The van der Waals surface area contributed by atoms with Crippen LogP contribution in [0.2, 0.25) is 0 Å². The summed E-state index contributed by atoms with van der Waals surface area (Å²) in [5, 5.41) is 0. The number of hydrogen-bond donors (Lipinski definition) is 1. The van der Waals surface area contributed by atoms with Crippen LogP contribution in [0.1, 0.15) is 32.8 Å². The molecule has 1 heterocycles. The van der Waals surface area contributed by atoms with Gasteiger partial charge >= 0.3 is 6.09 Å². The monoisotopic (exact) mass is 294 g/mol. The van der Waals surface area contributed by atoms with Gasteiger partial charge in [0.25, 0.3) is 0 Å². The summed E-state index contributed by atoms with van der Waals surface area (Å²) in [4.78, 5) is 13.4. The van der Waals surface area contributed by atoms with Crippen molar-refractivity contribution in [3.63, 3.8) is 0 Å². The number of benzene rings is 1. The number of amides is 1. The zero-order valence-electron chi connectivity index (χ0n) is 12.9. The van der Waals surface area contributed by atoms with Crippen molar-refractivity contribution in [2.45, 2.75) is 44.9 Å². The predicted molar refractivity (Wildman–Crippen MR) is 80.8 cm³/mol. The van der Waals surface area contributed by atoms with E-state index in [9.17, 15) is 9.18 Å². The summed E-state index contributed by atoms with van der Waals surface area (Å²) in [7, 11) is 0. The molecule has 1 fully saturated rings. The fourth-order valence-corrected chi connectivity index (χ4v) is 2.50. The third-order valence-electron chi connectivity index (χ3n) is 3.52. The molecule has 1 aliphatic rings. The number of ether oxygens (including phenoxy) is 1. The second-order valence-corrected chi connectivity index (χ2v) is 6.68. The zero-order valence-corrected chi connectivity index (χ0v) is 12.9. The first-order chi connectivity index (χ1) is 9.69. The van der Waals surface area contributed by atoms with Crippen molar-refractivity contribution < 1.29 is 13.9 Å². The molecule has 1 aromatic rings. The fraction of sp³-hybridized carbons (Fsp3) is 0.562. The van der Waals surface area contributed by atoms with E-state index in [1.165, 1.54) is 4.90 Å². The van der Waals surface area contributed by atoms with Crippen LogP contribution >= 0.6 is 0 Å². The largest absolute Gasteiger partial charge is 0.444 e. The van der Waals surface area contributed by atoms with Crippen molar-refractivity contribution in [2.75, 3.05) is 18.8 Å². The molecule has 5 heteroatoms. The van der Waals surface area contributed by atoms with Gasteiger partial charge in [-0.25, -0.2) is 9.18 Å². The maximum absolute atomic E-state index is 14.9. The van der Waals surface area contributed by atoms with Gasteiger partial charge in [0, 0.05) is 25.1 Å². The SMILES string of the molecule is CC(C)(C)OC(=O)N1CCC(F)(Cc2ccccc2N)C1. The third-order valence-corrected chi connectivity index (χ3v) is 3.52. The summed E-state index contributed by atoms with van der Waals surface area (Å²) in [6, 6.07) is 7.26. The topological polar surface area (TPSA) is 55.6 Å². The van der Waals surface area contributed by atoms with E-state index >= 15 is 0 Å². The number of nitrogens with zero attached hydrogens (tertiary/aromatic N) is 1. The van der Waals surface area contributed by atoms with Crippen LogP contribution in [-0.4, -0.2) is 35.4 Å². The molecule has 21 heavy (non-hydrogen) atoms. The van der Waals surface area contributed by atoms with Gasteiger partial charge in [0.2, 0.25) is 0 Å². The lowest BCUT2D eigenvalue weighted by Gasteiger charge is -2.25. The molecule has 1 unspecified atom stereocenters. The molecule has 2 N–H and O–H groups in total. The van der Waals surface area contributed by atoms with Gasteiger partial charge in [0.15, 0.2) is 0 Å². The molecule has 1 saturated heterocycles. The van der Waals surface area contributed by atoms with Gasteiger partial charge in [-0.05, 0) is 32.4 Å². The molecule has 0 saturated carbocycles. The van der Waals surface area contributed by atoms with Crippen molar-refractivity contribution in [3.05, 3.63) is 29.8 Å². The van der Waals surface area contributed by atoms with Crippen LogP contribution in [-0.2, 0) is 11.2 Å². The standard InChI is InChI=1S/C16H23FN2O2/c1-15(2,3)21-14(20)19-9-8-16(17,11-19)10-12-6-4-5-7-13(12)18/h4-7H,8-11,18H2,1-3H3. The van der Waals surface area contributed by atoms with Gasteiger partial charge in [0.1, 0.15) is 11.3 Å². The fourth-order valence-electron chi connectivity index (χ4n) is 2.50. The number of para-hydroxylation sites is 1. The van der Waals surface area contributed by atoms with Gasteiger partial charge in [0.05, 0.1) is 6.54 Å². The highest BCUT2D eigenvalue weighted by atomic mass is 19.1. The Morgan fingerprint density at radius 2 is 2.10 bits per heavy atom. The molecule has 0 aliphatic carbocycles. The zero-order chi connectivity index (χ0) is 15.7. The Balaban J connectivity index is 2.00. The molecule has 0 radical (unpaired) electrons. The minimum Gasteiger partial charge on any atom is -0.444 e. The van der Waals surface area contributed by atoms with Crippen molar-refractivity contribution in [1.29, 1.82) is 0 Å². The van der Waals surface area contributed by atoms with Gasteiger partial charge < -0.3 is 15.4 Å². The van der Waals surface area contributed by atoms with E-state index in [0.29, 0.717) is 18.7 Å². The molecule has 0 aromatic heterocycles. The molecule has 0 spiro atoms. The van der Waals surface area contributed by atoms with E-state index in [4.69, 9.17) is 10.5 Å². The summed E-state index contributed by atoms with van der Waals surface area (Å²) in [5.41, 5.74) is 5.23. The number of carbonyl (C=O) groups excluding carboxylic acids is 1. The third kappa shape index (κ3) is 4.09. The lowest BCUT2D eigenvalue weighted by Crippen LogP contribution is -2.38. The summed E-state index contributed by atoms with van der Waals surface area (Å²) in [6.45, 7) is 5.82. The van der Waals surface area contributed by atoms with Crippen LogP contribution in [0.4, 0.5) is 14.9 Å². The molecular formula is C16H23FN2O2. The molecule has 116 valence electrons. The predicted octanol–water partition coefficient (Wildman–Crippen LogP) is 3.16. The Morgan fingerprint density at radius 3 is 2.71 bits per heavy atom.